The molecule has 1 atom stereocenters. The van der Waals surface area contributed by atoms with E-state index in [2.05, 4.69) is 15.0 Å². The average molecular weight is 350 g/mol. The summed E-state index contributed by atoms with van der Waals surface area (Å²) in [7, 11) is 0. The minimum atomic E-state index is -4.47. The highest BCUT2D eigenvalue weighted by molar-refractivity contribution is 7.18. The third-order valence-corrected chi connectivity index (χ3v) is 5.18. The summed E-state index contributed by atoms with van der Waals surface area (Å²) in [6.45, 7) is 0.627. The Labute approximate surface area is 140 Å². The minimum absolute atomic E-state index is 0.0779. The van der Waals surface area contributed by atoms with Gasteiger partial charge >= 0.3 is 6.18 Å². The van der Waals surface area contributed by atoms with E-state index in [0.29, 0.717) is 6.54 Å². The predicted molar refractivity (Wildman–Crippen MR) is 86.0 cm³/mol. The SMILES string of the molecule is FC(F)(F)c1ccnc(N2CCC[C@H]2c2nc3ccccc3s2)n1. The zero-order valence-corrected chi connectivity index (χ0v) is 13.3. The topological polar surface area (TPSA) is 41.9 Å². The molecule has 1 saturated heterocycles. The van der Waals surface area contributed by atoms with E-state index < -0.39 is 11.9 Å². The number of nitrogens with zero attached hydrogens (tertiary/aromatic N) is 4. The molecule has 0 aliphatic carbocycles. The average Bonchev–Trinajstić information content (AvgIpc) is 3.20. The molecular weight excluding hydrogens is 337 g/mol. The van der Waals surface area contributed by atoms with Crippen LogP contribution in [0.15, 0.2) is 36.5 Å². The Balaban J connectivity index is 1.70. The molecule has 0 saturated carbocycles. The highest BCUT2D eigenvalue weighted by atomic mass is 32.1. The van der Waals surface area contributed by atoms with Crippen LogP contribution < -0.4 is 4.90 Å². The van der Waals surface area contributed by atoms with Crippen molar-refractivity contribution < 1.29 is 13.2 Å². The van der Waals surface area contributed by atoms with Crippen molar-refractivity contribution in [1.29, 1.82) is 0 Å². The molecule has 0 amide bonds. The van der Waals surface area contributed by atoms with Gasteiger partial charge in [-0.05, 0) is 31.0 Å². The molecule has 1 aliphatic rings. The van der Waals surface area contributed by atoms with E-state index in [1.54, 1.807) is 11.3 Å². The van der Waals surface area contributed by atoms with Crippen LogP contribution in [0.2, 0.25) is 0 Å². The first-order chi connectivity index (χ1) is 11.5. The van der Waals surface area contributed by atoms with Crippen LogP contribution in [0.25, 0.3) is 10.2 Å². The Morgan fingerprint density at radius 3 is 2.75 bits per heavy atom. The summed E-state index contributed by atoms with van der Waals surface area (Å²) >= 11 is 1.57. The van der Waals surface area contributed by atoms with Gasteiger partial charge in [0.1, 0.15) is 10.7 Å². The second-order valence-corrected chi connectivity index (χ2v) is 6.67. The predicted octanol–water partition coefficient (Wildman–Crippen LogP) is 4.45. The molecule has 4 rings (SSSR count). The Kier molecular flexibility index (Phi) is 3.64. The fourth-order valence-corrected chi connectivity index (χ4v) is 4.06. The number of fused-ring (bicyclic) bond motifs is 1. The number of para-hydroxylation sites is 1. The number of benzene rings is 1. The lowest BCUT2D eigenvalue weighted by molar-refractivity contribution is -0.141. The number of hydrogen-bond donors (Lipinski definition) is 0. The van der Waals surface area contributed by atoms with Crippen LogP contribution in [0.4, 0.5) is 19.1 Å². The van der Waals surface area contributed by atoms with Gasteiger partial charge in [-0.25, -0.2) is 15.0 Å². The second kappa shape index (κ2) is 5.70. The van der Waals surface area contributed by atoms with E-state index in [1.807, 2.05) is 29.2 Å². The van der Waals surface area contributed by atoms with Gasteiger partial charge in [0.2, 0.25) is 5.95 Å². The maximum Gasteiger partial charge on any atom is 0.433 e. The van der Waals surface area contributed by atoms with Gasteiger partial charge in [0.25, 0.3) is 0 Å². The lowest BCUT2D eigenvalue weighted by atomic mass is 10.2. The molecule has 4 nitrogen and oxygen atoms in total. The fraction of sp³-hybridized carbons (Fsp3) is 0.312. The quantitative estimate of drug-likeness (QED) is 0.685. The third kappa shape index (κ3) is 2.71. The minimum Gasteiger partial charge on any atom is -0.331 e. The normalized spacial score (nSPS) is 18.5. The summed E-state index contributed by atoms with van der Waals surface area (Å²) in [5.41, 5.74) is -0.00300. The van der Waals surface area contributed by atoms with Gasteiger partial charge in [-0.1, -0.05) is 12.1 Å². The van der Waals surface area contributed by atoms with Crippen molar-refractivity contribution in [2.45, 2.75) is 25.1 Å². The van der Waals surface area contributed by atoms with Crippen LogP contribution in [-0.2, 0) is 6.18 Å². The molecule has 0 spiro atoms. The van der Waals surface area contributed by atoms with Crippen molar-refractivity contribution in [3.8, 4) is 0 Å². The van der Waals surface area contributed by atoms with Crippen LogP contribution in [0.5, 0.6) is 0 Å². The molecule has 3 aromatic rings. The van der Waals surface area contributed by atoms with Gasteiger partial charge in [0.15, 0.2) is 0 Å². The van der Waals surface area contributed by atoms with Gasteiger partial charge < -0.3 is 4.90 Å². The van der Waals surface area contributed by atoms with Crippen LogP contribution in [-0.4, -0.2) is 21.5 Å². The van der Waals surface area contributed by atoms with E-state index in [0.717, 1.165) is 34.1 Å². The van der Waals surface area contributed by atoms with Gasteiger partial charge in [-0.2, -0.15) is 13.2 Å². The summed E-state index contributed by atoms with van der Waals surface area (Å²) in [4.78, 5) is 14.2. The third-order valence-electron chi connectivity index (χ3n) is 4.04. The molecule has 3 heterocycles. The molecule has 8 heteroatoms. The number of thiazole rings is 1. The lowest BCUT2D eigenvalue weighted by Gasteiger charge is -2.23. The van der Waals surface area contributed by atoms with Crippen LogP contribution >= 0.6 is 11.3 Å². The summed E-state index contributed by atoms with van der Waals surface area (Å²) in [6, 6.07) is 8.63. The van der Waals surface area contributed by atoms with Gasteiger partial charge in [-0.15, -0.1) is 11.3 Å². The highest BCUT2D eigenvalue weighted by Crippen LogP contribution is 2.38. The number of anilines is 1. The molecule has 0 bridgehead atoms. The molecule has 1 aromatic carbocycles. The molecule has 2 aromatic heterocycles. The zero-order chi connectivity index (χ0) is 16.7. The van der Waals surface area contributed by atoms with Gasteiger partial charge in [0.05, 0.1) is 16.3 Å². The van der Waals surface area contributed by atoms with E-state index in [1.165, 1.54) is 6.20 Å². The van der Waals surface area contributed by atoms with Crippen LogP contribution in [0, 0.1) is 0 Å². The molecule has 0 N–H and O–H groups in total. The Morgan fingerprint density at radius 1 is 1.12 bits per heavy atom. The summed E-state index contributed by atoms with van der Waals surface area (Å²) in [5.74, 6) is 0.117. The standard InChI is InChI=1S/C16H13F3N4S/c17-16(18,19)13-7-8-20-15(22-13)23-9-3-5-11(23)14-21-10-4-1-2-6-12(10)24-14/h1-2,4,6-8,11H,3,5,9H2/t11-/m0/s1. The highest BCUT2D eigenvalue weighted by Gasteiger charge is 2.35. The zero-order valence-electron chi connectivity index (χ0n) is 12.5. The Bertz CT molecular complexity index is 844. The lowest BCUT2D eigenvalue weighted by Crippen LogP contribution is -2.25. The first kappa shape index (κ1) is 15.3. The molecule has 0 radical (unpaired) electrons. The Morgan fingerprint density at radius 2 is 1.96 bits per heavy atom. The number of rotatable bonds is 2. The first-order valence-electron chi connectivity index (χ1n) is 7.55. The van der Waals surface area contributed by atoms with Crippen molar-refractivity contribution >= 4 is 27.5 Å². The largest absolute Gasteiger partial charge is 0.433 e. The smallest absolute Gasteiger partial charge is 0.331 e. The van der Waals surface area contributed by atoms with Crippen LogP contribution in [0.1, 0.15) is 29.6 Å². The van der Waals surface area contributed by atoms with Gasteiger partial charge in [0, 0.05) is 12.7 Å². The monoisotopic (exact) mass is 350 g/mol. The Hall–Kier alpha value is -2.22. The van der Waals surface area contributed by atoms with E-state index in [9.17, 15) is 13.2 Å². The molecule has 0 unspecified atom stereocenters. The number of alkyl halides is 3. The number of aromatic nitrogens is 3. The van der Waals surface area contributed by atoms with E-state index >= 15 is 0 Å². The molecule has 1 fully saturated rings. The van der Waals surface area contributed by atoms with Crippen molar-refractivity contribution in [3.05, 3.63) is 47.2 Å². The van der Waals surface area contributed by atoms with Crippen LogP contribution in [0.3, 0.4) is 0 Å². The fourth-order valence-electron chi connectivity index (χ4n) is 2.94. The van der Waals surface area contributed by atoms with Crippen molar-refractivity contribution in [3.63, 3.8) is 0 Å². The van der Waals surface area contributed by atoms with E-state index in [4.69, 9.17) is 0 Å². The molecular formula is C16H13F3N4S. The van der Waals surface area contributed by atoms with Crippen molar-refractivity contribution in [2.75, 3.05) is 11.4 Å². The van der Waals surface area contributed by atoms with Crippen molar-refractivity contribution in [1.82, 2.24) is 15.0 Å². The molecule has 124 valence electrons. The second-order valence-electron chi connectivity index (χ2n) is 5.61. The maximum absolute atomic E-state index is 12.9. The first-order valence-corrected chi connectivity index (χ1v) is 8.36. The van der Waals surface area contributed by atoms with Gasteiger partial charge in [-0.3, -0.25) is 0 Å². The number of halogens is 3. The van der Waals surface area contributed by atoms with E-state index in [-0.39, 0.29) is 12.0 Å². The maximum atomic E-state index is 12.9. The molecule has 1 aliphatic heterocycles. The summed E-state index contributed by atoms with van der Waals surface area (Å²) < 4.78 is 39.8. The summed E-state index contributed by atoms with van der Waals surface area (Å²) in [5, 5.41) is 0.898. The van der Waals surface area contributed by atoms with Crippen molar-refractivity contribution in [2.24, 2.45) is 0 Å². The molecule has 24 heavy (non-hydrogen) atoms. The number of hydrogen-bond acceptors (Lipinski definition) is 5. The summed E-state index contributed by atoms with van der Waals surface area (Å²) in [6.07, 6.45) is -1.60.